The molecule has 0 fully saturated rings. The minimum absolute atomic E-state index is 0.00987. The highest BCUT2D eigenvalue weighted by molar-refractivity contribution is 5.76. The summed E-state index contributed by atoms with van der Waals surface area (Å²) in [4.78, 5) is 24.6. The predicted molar refractivity (Wildman–Crippen MR) is 306 cm³/mol. The van der Waals surface area contributed by atoms with Gasteiger partial charge in [-0.05, 0) is 83.5 Å². The van der Waals surface area contributed by atoms with Crippen molar-refractivity contribution >= 4 is 11.9 Å². The van der Waals surface area contributed by atoms with E-state index in [0.29, 0.717) is 19.4 Å². The second-order valence-electron chi connectivity index (χ2n) is 21.4. The summed E-state index contributed by atoms with van der Waals surface area (Å²) in [5.41, 5.74) is 0. The van der Waals surface area contributed by atoms with E-state index in [-0.39, 0.29) is 18.5 Å². The first-order valence-electron chi connectivity index (χ1n) is 31.3. The zero-order valence-electron chi connectivity index (χ0n) is 47.0. The molecular formula is C64H121NO5. The summed E-state index contributed by atoms with van der Waals surface area (Å²) in [6.45, 7) is 4.90. The maximum atomic E-state index is 12.5. The Hall–Kier alpha value is -1.92. The van der Waals surface area contributed by atoms with Gasteiger partial charge in [0.05, 0.1) is 25.4 Å². The highest BCUT2D eigenvalue weighted by Crippen LogP contribution is 2.17. The fraction of sp³-hybridized carbons (Fsp3) is 0.875. The molecule has 70 heavy (non-hydrogen) atoms. The van der Waals surface area contributed by atoms with E-state index < -0.39 is 12.1 Å². The Balaban J connectivity index is 3.49. The SMILES string of the molecule is CCCCCCCCC/C=C\CCCCCCCC(=O)OCCCCCCCC/C=C\CCCCCCCCCC(=O)NC(CO)C(O)/C=C/CCCCCCCCCCCCCCCCCCCC. The van der Waals surface area contributed by atoms with Gasteiger partial charge in [-0.25, -0.2) is 0 Å². The van der Waals surface area contributed by atoms with Gasteiger partial charge in [0.25, 0.3) is 0 Å². The van der Waals surface area contributed by atoms with E-state index in [1.165, 1.54) is 250 Å². The van der Waals surface area contributed by atoms with Crippen LogP contribution in [-0.4, -0.2) is 47.4 Å². The highest BCUT2D eigenvalue weighted by Gasteiger charge is 2.18. The first-order chi connectivity index (χ1) is 34.5. The number of hydrogen-bond acceptors (Lipinski definition) is 5. The minimum atomic E-state index is -0.854. The topological polar surface area (TPSA) is 95.9 Å². The van der Waals surface area contributed by atoms with E-state index in [0.717, 1.165) is 57.8 Å². The van der Waals surface area contributed by atoms with Gasteiger partial charge in [0.1, 0.15) is 0 Å². The molecule has 0 aliphatic rings. The smallest absolute Gasteiger partial charge is 0.305 e. The van der Waals surface area contributed by atoms with Crippen molar-refractivity contribution in [3.8, 4) is 0 Å². The average Bonchev–Trinajstić information content (AvgIpc) is 3.36. The van der Waals surface area contributed by atoms with Crippen molar-refractivity contribution in [2.45, 2.75) is 347 Å². The number of aliphatic hydroxyl groups is 2. The van der Waals surface area contributed by atoms with Crippen LogP contribution in [0, 0.1) is 0 Å². The predicted octanol–water partition coefficient (Wildman–Crippen LogP) is 19.6. The number of carbonyl (C=O) groups excluding carboxylic acids is 2. The van der Waals surface area contributed by atoms with Crippen LogP contribution in [0.3, 0.4) is 0 Å². The molecule has 0 spiro atoms. The van der Waals surface area contributed by atoms with E-state index in [2.05, 4.69) is 43.5 Å². The zero-order valence-corrected chi connectivity index (χ0v) is 47.0. The third kappa shape index (κ3) is 55.4. The molecule has 0 aliphatic heterocycles. The second kappa shape index (κ2) is 59.6. The van der Waals surface area contributed by atoms with Gasteiger partial charge >= 0.3 is 5.97 Å². The average molecular weight is 985 g/mol. The Labute approximate surface area is 436 Å². The van der Waals surface area contributed by atoms with Crippen LogP contribution in [0.15, 0.2) is 36.5 Å². The van der Waals surface area contributed by atoms with E-state index in [9.17, 15) is 19.8 Å². The van der Waals surface area contributed by atoms with Crippen molar-refractivity contribution in [2.75, 3.05) is 13.2 Å². The van der Waals surface area contributed by atoms with Crippen molar-refractivity contribution in [2.24, 2.45) is 0 Å². The van der Waals surface area contributed by atoms with Crippen LogP contribution >= 0.6 is 0 Å². The number of esters is 1. The number of carbonyl (C=O) groups is 2. The van der Waals surface area contributed by atoms with E-state index in [4.69, 9.17) is 4.74 Å². The van der Waals surface area contributed by atoms with Crippen LogP contribution in [0.5, 0.6) is 0 Å². The Morgan fingerprint density at radius 2 is 0.671 bits per heavy atom. The molecule has 0 heterocycles. The van der Waals surface area contributed by atoms with Crippen LogP contribution in [0.2, 0.25) is 0 Å². The van der Waals surface area contributed by atoms with Gasteiger partial charge in [-0.15, -0.1) is 0 Å². The molecule has 0 aromatic rings. The maximum absolute atomic E-state index is 12.5. The Morgan fingerprint density at radius 1 is 0.386 bits per heavy atom. The quantitative estimate of drug-likeness (QED) is 0.0321. The third-order valence-corrected chi connectivity index (χ3v) is 14.4. The minimum Gasteiger partial charge on any atom is -0.466 e. The lowest BCUT2D eigenvalue weighted by Gasteiger charge is -2.20. The van der Waals surface area contributed by atoms with E-state index in [1.54, 1.807) is 6.08 Å². The van der Waals surface area contributed by atoms with Gasteiger partial charge in [0, 0.05) is 12.8 Å². The van der Waals surface area contributed by atoms with Crippen molar-refractivity contribution < 1.29 is 24.5 Å². The number of allylic oxidation sites excluding steroid dienone is 5. The Kier molecular flexibility index (Phi) is 58.0. The van der Waals surface area contributed by atoms with Crippen molar-refractivity contribution in [3.63, 3.8) is 0 Å². The number of aliphatic hydroxyl groups excluding tert-OH is 2. The van der Waals surface area contributed by atoms with Gasteiger partial charge in [-0.2, -0.15) is 0 Å². The molecule has 0 aromatic heterocycles. The fourth-order valence-electron chi connectivity index (χ4n) is 9.57. The number of nitrogens with one attached hydrogen (secondary N) is 1. The summed E-state index contributed by atoms with van der Waals surface area (Å²) in [5, 5.41) is 23.2. The molecule has 0 aliphatic carbocycles. The van der Waals surface area contributed by atoms with Crippen molar-refractivity contribution in [3.05, 3.63) is 36.5 Å². The lowest BCUT2D eigenvalue weighted by molar-refractivity contribution is -0.143. The summed E-state index contributed by atoms with van der Waals surface area (Å²) in [5.74, 6) is -0.0879. The first kappa shape index (κ1) is 68.1. The molecule has 412 valence electrons. The lowest BCUT2D eigenvalue weighted by Crippen LogP contribution is -2.45. The highest BCUT2D eigenvalue weighted by atomic mass is 16.5. The molecule has 2 unspecified atom stereocenters. The number of ether oxygens (including phenoxy) is 1. The monoisotopic (exact) mass is 984 g/mol. The number of unbranched alkanes of at least 4 members (excludes halogenated alkanes) is 43. The molecule has 0 aromatic carbocycles. The maximum Gasteiger partial charge on any atom is 0.305 e. The van der Waals surface area contributed by atoms with Gasteiger partial charge in [-0.1, -0.05) is 275 Å². The van der Waals surface area contributed by atoms with Gasteiger partial charge < -0.3 is 20.3 Å². The molecule has 1 amide bonds. The van der Waals surface area contributed by atoms with Crippen LogP contribution in [-0.2, 0) is 14.3 Å². The van der Waals surface area contributed by atoms with Gasteiger partial charge in [-0.3, -0.25) is 9.59 Å². The summed E-state index contributed by atoms with van der Waals surface area (Å²) >= 11 is 0. The summed E-state index contributed by atoms with van der Waals surface area (Å²) in [7, 11) is 0. The number of hydrogen-bond donors (Lipinski definition) is 3. The van der Waals surface area contributed by atoms with Gasteiger partial charge in [0.15, 0.2) is 0 Å². The fourth-order valence-corrected chi connectivity index (χ4v) is 9.57. The molecule has 6 heteroatoms. The number of rotatable bonds is 58. The van der Waals surface area contributed by atoms with Crippen LogP contribution in [0.25, 0.3) is 0 Å². The molecular weight excluding hydrogens is 863 g/mol. The molecule has 0 saturated heterocycles. The van der Waals surface area contributed by atoms with Crippen molar-refractivity contribution in [1.82, 2.24) is 5.32 Å². The second-order valence-corrected chi connectivity index (χ2v) is 21.4. The largest absolute Gasteiger partial charge is 0.466 e. The number of amides is 1. The van der Waals surface area contributed by atoms with Crippen LogP contribution < -0.4 is 5.32 Å². The van der Waals surface area contributed by atoms with E-state index >= 15 is 0 Å². The molecule has 0 radical (unpaired) electrons. The van der Waals surface area contributed by atoms with Gasteiger partial charge in [0.2, 0.25) is 5.91 Å². The summed E-state index contributed by atoms with van der Waals surface area (Å²) < 4.78 is 5.47. The standard InChI is InChI=1S/C64H121NO5/c1-3-5-7-9-11-13-15-17-19-21-22-23-25-28-32-36-40-44-48-52-56-62(67)61(60-66)65-63(68)57-53-49-45-41-37-33-29-26-24-27-31-35-39-43-47-51-55-59-70-64(69)58-54-50-46-42-38-34-30-20-18-16-14-12-10-8-6-4-2/h20,24,27,30,52,56,61-62,66-67H,3-19,21-23,25-26,28-29,31-51,53-55,57-60H2,1-2H3,(H,65,68)/b27-24-,30-20-,56-52+. The molecule has 3 N–H and O–H groups in total. The molecule has 6 nitrogen and oxygen atoms in total. The van der Waals surface area contributed by atoms with E-state index in [1.807, 2.05) is 6.08 Å². The molecule has 0 bridgehead atoms. The van der Waals surface area contributed by atoms with Crippen LogP contribution in [0.1, 0.15) is 335 Å². The zero-order chi connectivity index (χ0) is 50.7. The molecule has 2 atom stereocenters. The first-order valence-corrected chi connectivity index (χ1v) is 31.3. The van der Waals surface area contributed by atoms with Crippen molar-refractivity contribution in [1.29, 1.82) is 0 Å². The van der Waals surface area contributed by atoms with Crippen LogP contribution in [0.4, 0.5) is 0 Å². The third-order valence-electron chi connectivity index (χ3n) is 14.4. The normalized spacial score (nSPS) is 12.8. The Morgan fingerprint density at radius 3 is 1.01 bits per heavy atom. The summed E-state index contributed by atoms with van der Waals surface area (Å²) in [6.07, 6.45) is 74.6. The lowest BCUT2D eigenvalue weighted by atomic mass is 10.0. The summed E-state index contributed by atoms with van der Waals surface area (Å²) in [6, 6.07) is -0.638. The Bertz CT molecular complexity index is 1130. The molecule has 0 rings (SSSR count). The molecule has 0 saturated carbocycles.